The highest BCUT2D eigenvalue weighted by atomic mass is 32.2. The summed E-state index contributed by atoms with van der Waals surface area (Å²) in [6.45, 7) is 1.65. The Hall–Kier alpha value is -3.91. The minimum atomic E-state index is -3.76. The molecule has 0 aliphatic carbocycles. The Kier molecular flexibility index (Phi) is 6.04. The fraction of sp³-hybridized carbons (Fsp3) is 0.0833. The molecule has 7 nitrogen and oxygen atoms in total. The number of anilines is 2. The van der Waals surface area contributed by atoms with Crippen molar-refractivity contribution in [2.45, 2.75) is 17.9 Å². The molecule has 4 rings (SSSR count). The first kappa shape index (κ1) is 21.3. The highest BCUT2D eigenvalue weighted by molar-refractivity contribution is 7.92. The number of aromatic nitrogens is 1. The van der Waals surface area contributed by atoms with E-state index in [9.17, 15) is 13.2 Å². The molecule has 0 aliphatic heterocycles. The van der Waals surface area contributed by atoms with Crippen molar-refractivity contribution < 1.29 is 17.9 Å². The fourth-order valence-corrected chi connectivity index (χ4v) is 4.14. The third kappa shape index (κ3) is 5.04. The van der Waals surface area contributed by atoms with Gasteiger partial charge in [-0.2, -0.15) is 0 Å². The molecule has 0 unspecified atom stereocenters. The molecular formula is C24H21N3O4S. The van der Waals surface area contributed by atoms with Crippen LogP contribution in [0.25, 0.3) is 10.8 Å². The van der Waals surface area contributed by atoms with Gasteiger partial charge < -0.3 is 10.1 Å². The summed E-state index contributed by atoms with van der Waals surface area (Å²) in [6, 6.07) is 22.7. The number of amides is 1. The van der Waals surface area contributed by atoms with Gasteiger partial charge in [-0.3, -0.25) is 14.5 Å². The monoisotopic (exact) mass is 447 g/mol. The van der Waals surface area contributed by atoms with Crippen LogP contribution in [0.5, 0.6) is 5.75 Å². The molecule has 0 fully saturated rings. The molecule has 0 radical (unpaired) electrons. The second-order valence-electron chi connectivity index (χ2n) is 7.13. The van der Waals surface area contributed by atoms with E-state index in [1.165, 1.54) is 30.5 Å². The van der Waals surface area contributed by atoms with E-state index in [4.69, 9.17) is 4.74 Å². The Balaban J connectivity index is 1.39. The quantitative estimate of drug-likeness (QED) is 0.436. The Morgan fingerprint density at radius 2 is 1.66 bits per heavy atom. The number of carbonyl (C=O) groups is 1. The SMILES string of the molecule is C[C@@H](Oc1ccc2ccccc2c1)C(=O)Nc1ccc(S(=O)(=O)Nc2cccnc2)cc1. The van der Waals surface area contributed by atoms with Crippen LogP contribution in [-0.4, -0.2) is 25.4 Å². The minimum Gasteiger partial charge on any atom is -0.481 e. The van der Waals surface area contributed by atoms with E-state index in [-0.39, 0.29) is 10.8 Å². The topological polar surface area (TPSA) is 97.4 Å². The van der Waals surface area contributed by atoms with Gasteiger partial charge in [-0.25, -0.2) is 8.42 Å². The van der Waals surface area contributed by atoms with Crippen molar-refractivity contribution >= 4 is 38.1 Å². The van der Waals surface area contributed by atoms with E-state index in [1.54, 1.807) is 25.3 Å². The lowest BCUT2D eigenvalue weighted by Crippen LogP contribution is -2.30. The van der Waals surface area contributed by atoms with Crippen LogP contribution in [0.2, 0.25) is 0 Å². The highest BCUT2D eigenvalue weighted by Crippen LogP contribution is 2.22. The van der Waals surface area contributed by atoms with Gasteiger partial charge in [-0.1, -0.05) is 30.3 Å². The van der Waals surface area contributed by atoms with Crippen molar-refractivity contribution in [3.63, 3.8) is 0 Å². The maximum atomic E-state index is 12.5. The first-order valence-electron chi connectivity index (χ1n) is 9.90. The number of pyridine rings is 1. The molecule has 162 valence electrons. The number of hydrogen-bond acceptors (Lipinski definition) is 5. The molecule has 32 heavy (non-hydrogen) atoms. The van der Waals surface area contributed by atoms with Crippen molar-refractivity contribution in [1.29, 1.82) is 0 Å². The lowest BCUT2D eigenvalue weighted by Gasteiger charge is -2.15. The van der Waals surface area contributed by atoms with Gasteiger partial charge in [-0.15, -0.1) is 0 Å². The summed E-state index contributed by atoms with van der Waals surface area (Å²) in [4.78, 5) is 16.5. The van der Waals surface area contributed by atoms with E-state index in [0.717, 1.165) is 10.8 Å². The van der Waals surface area contributed by atoms with Gasteiger partial charge in [0.05, 0.1) is 16.8 Å². The molecule has 8 heteroatoms. The van der Waals surface area contributed by atoms with Gasteiger partial charge >= 0.3 is 0 Å². The summed E-state index contributed by atoms with van der Waals surface area (Å²) in [7, 11) is -3.76. The van der Waals surface area contributed by atoms with Crippen LogP contribution in [0.3, 0.4) is 0 Å². The van der Waals surface area contributed by atoms with Crippen molar-refractivity contribution in [1.82, 2.24) is 4.98 Å². The normalized spacial score (nSPS) is 12.2. The van der Waals surface area contributed by atoms with Gasteiger partial charge in [-0.05, 0) is 66.2 Å². The predicted octanol–water partition coefficient (Wildman–Crippen LogP) is 4.44. The molecule has 1 amide bonds. The molecule has 0 bridgehead atoms. The smallest absolute Gasteiger partial charge is 0.265 e. The summed E-state index contributed by atoms with van der Waals surface area (Å²) in [6.07, 6.45) is 2.23. The predicted molar refractivity (Wildman–Crippen MR) is 124 cm³/mol. The summed E-state index contributed by atoms with van der Waals surface area (Å²) >= 11 is 0. The number of ether oxygens (including phenoxy) is 1. The minimum absolute atomic E-state index is 0.0693. The zero-order valence-corrected chi connectivity index (χ0v) is 18.0. The average Bonchev–Trinajstić information content (AvgIpc) is 2.79. The average molecular weight is 448 g/mol. The Morgan fingerprint density at radius 1 is 0.906 bits per heavy atom. The van der Waals surface area contributed by atoms with Crippen LogP contribution >= 0.6 is 0 Å². The molecule has 1 aromatic heterocycles. The molecule has 2 N–H and O–H groups in total. The van der Waals surface area contributed by atoms with Crippen molar-refractivity contribution in [3.05, 3.63) is 91.3 Å². The number of benzene rings is 3. The summed E-state index contributed by atoms with van der Waals surface area (Å²) < 4.78 is 33.2. The largest absolute Gasteiger partial charge is 0.481 e. The number of fused-ring (bicyclic) bond motifs is 1. The van der Waals surface area contributed by atoms with E-state index in [0.29, 0.717) is 17.1 Å². The lowest BCUT2D eigenvalue weighted by molar-refractivity contribution is -0.122. The van der Waals surface area contributed by atoms with Gasteiger partial charge in [0.25, 0.3) is 15.9 Å². The fourth-order valence-electron chi connectivity index (χ4n) is 3.10. The second kappa shape index (κ2) is 9.07. The molecule has 0 spiro atoms. The summed E-state index contributed by atoms with van der Waals surface area (Å²) in [5.74, 6) is 0.247. The number of nitrogens with zero attached hydrogens (tertiary/aromatic N) is 1. The van der Waals surface area contributed by atoms with Gasteiger partial charge in [0, 0.05) is 11.9 Å². The highest BCUT2D eigenvalue weighted by Gasteiger charge is 2.17. The third-order valence-corrected chi connectivity index (χ3v) is 6.15. The van der Waals surface area contributed by atoms with Crippen LogP contribution < -0.4 is 14.8 Å². The number of nitrogens with one attached hydrogen (secondary N) is 2. The summed E-state index contributed by atoms with van der Waals surface area (Å²) in [5.41, 5.74) is 0.828. The molecule has 1 atom stereocenters. The Morgan fingerprint density at radius 3 is 2.38 bits per heavy atom. The van der Waals surface area contributed by atoms with Crippen LogP contribution in [0, 0.1) is 0 Å². The molecule has 0 aliphatic rings. The van der Waals surface area contributed by atoms with E-state index >= 15 is 0 Å². The molecule has 1 heterocycles. The molecule has 3 aromatic carbocycles. The number of carbonyl (C=O) groups excluding carboxylic acids is 1. The first-order chi connectivity index (χ1) is 15.4. The molecule has 0 saturated carbocycles. The zero-order valence-electron chi connectivity index (χ0n) is 17.2. The summed E-state index contributed by atoms with van der Waals surface area (Å²) in [5, 5.41) is 4.85. The molecule has 0 saturated heterocycles. The van der Waals surface area contributed by atoms with E-state index < -0.39 is 16.1 Å². The number of sulfonamides is 1. The maximum absolute atomic E-state index is 12.5. The Bertz CT molecular complexity index is 1340. The number of rotatable bonds is 7. The van der Waals surface area contributed by atoms with Crippen LogP contribution in [0.4, 0.5) is 11.4 Å². The van der Waals surface area contributed by atoms with Crippen molar-refractivity contribution in [2.24, 2.45) is 0 Å². The molecule has 4 aromatic rings. The van der Waals surface area contributed by atoms with Crippen molar-refractivity contribution in [2.75, 3.05) is 10.0 Å². The van der Waals surface area contributed by atoms with Gasteiger partial charge in [0.2, 0.25) is 0 Å². The van der Waals surface area contributed by atoms with Crippen LogP contribution in [-0.2, 0) is 14.8 Å². The second-order valence-corrected chi connectivity index (χ2v) is 8.81. The zero-order chi connectivity index (χ0) is 22.6. The molecular weight excluding hydrogens is 426 g/mol. The standard InChI is InChI=1S/C24H21N3O4S/c1-17(31-22-11-8-18-5-2-3-6-19(18)15-22)24(28)26-20-9-12-23(13-10-20)32(29,30)27-21-7-4-14-25-16-21/h2-17,27H,1H3,(H,26,28)/t17-/m1/s1. The third-order valence-electron chi connectivity index (χ3n) is 4.75. The lowest BCUT2D eigenvalue weighted by atomic mass is 10.1. The van der Waals surface area contributed by atoms with Crippen LogP contribution in [0.15, 0.2) is 96.2 Å². The van der Waals surface area contributed by atoms with Gasteiger partial charge in [0.1, 0.15) is 5.75 Å². The Labute approximate surface area is 186 Å². The van der Waals surface area contributed by atoms with Gasteiger partial charge in [0.15, 0.2) is 6.10 Å². The first-order valence-corrected chi connectivity index (χ1v) is 11.4. The van der Waals surface area contributed by atoms with Crippen molar-refractivity contribution in [3.8, 4) is 5.75 Å². The van der Waals surface area contributed by atoms with Crippen LogP contribution in [0.1, 0.15) is 6.92 Å². The van der Waals surface area contributed by atoms with E-state index in [1.807, 2.05) is 42.5 Å². The van der Waals surface area contributed by atoms with E-state index in [2.05, 4.69) is 15.0 Å². The maximum Gasteiger partial charge on any atom is 0.265 e. The number of hydrogen-bond donors (Lipinski definition) is 2.